The first-order valence-corrected chi connectivity index (χ1v) is 6.21. The predicted molar refractivity (Wildman–Crippen MR) is 69.1 cm³/mol. The number of hydrogen-bond acceptors (Lipinski definition) is 1. The molecular weight excluding hydrogens is 252 g/mol. The van der Waals surface area contributed by atoms with E-state index in [1.54, 1.807) is 0 Å². The lowest BCUT2D eigenvalue weighted by Gasteiger charge is -2.12. The molecule has 0 spiro atoms. The Bertz CT molecular complexity index is 295. The third kappa shape index (κ3) is 4.63. The van der Waals surface area contributed by atoms with Crippen molar-refractivity contribution in [2.75, 3.05) is 0 Å². The van der Waals surface area contributed by atoms with Gasteiger partial charge in [0.15, 0.2) is 0 Å². The summed E-state index contributed by atoms with van der Waals surface area (Å²) in [5.41, 5.74) is 1.16. The molecule has 1 N–H and O–H groups in total. The van der Waals surface area contributed by atoms with Crippen molar-refractivity contribution in [1.82, 2.24) is 0 Å². The lowest BCUT2D eigenvalue weighted by Crippen LogP contribution is -2.17. The summed E-state index contributed by atoms with van der Waals surface area (Å²) in [6.07, 6.45) is 5.56. The van der Waals surface area contributed by atoms with Gasteiger partial charge >= 0.3 is 0 Å². The smallest absolute Gasteiger partial charge is 0.0700 e. The fourth-order valence-corrected chi connectivity index (χ4v) is 1.77. The van der Waals surface area contributed by atoms with Crippen LogP contribution in [-0.4, -0.2) is 16.0 Å². The third-order valence-electron chi connectivity index (χ3n) is 2.22. The van der Waals surface area contributed by atoms with Crippen LogP contribution in [0.25, 0.3) is 6.08 Å². The molecule has 0 amide bonds. The standard InChI is InChI=1S/C13H17BrO/c1-2-6-13(15)12(14)10-9-11-7-4-3-5-8-11/h3-5,7-10,12-13,15H,2,6H2,1H3/b10-9+/t12-,13+/m0/s1. The van der Waals surface area contributed by atoms with Crippen LogP contribution in [0.5, 0.6) is 0 Å². The number of benzene rings is 1. The van der Waals surface area contributed by atoms with Crippen LogP contribution in [0, 0.1) is 0 Å². The first-order valence-electron chi connectivity index (χ1n) is 5.29. The highest BCUT2D eigenvalue weighted by Gasteiger charge is 2.10. The summed E-state index contributed by atoms with van der Waals surface area (Å²) in [6.45, 7) is 2.07. The first kappa shape index (κ1) is 12.5. The van der Waals surface area contributed by atoms with Gasteiger partial charge in [0.2, 0.25) is 0 Å². The number of halogens is 1. The fourth-order valence-electron chi connectivity index (χ4n) is 1.35. The average Bonchev–Trinajstić information content (AvgIpc) is 2.27. The zero-order valence-corrected chi connectivity index (χ0v) is 10.5. The Labute approximate surface area is 100.0 Å². The van der Waals surface area contributed by atoms with Crippen molar-refractivity contribution in [2.24, 2.45) is 0 Å². The SMILES string of the molecule is CCC[C@@H](O)[C@@H](Br)/C=C/c1ccccc1. The van der Waals surface area contributed by atoms with Crippen molar-refractivity contribution in [3.05, 3.63) is 42.0 Å². The van der Waals surface area contributed by atoms with E-state index in [0.717, 1.165) is 18.4 Å². The van der Waals surface area contributed by atoms with Crippen LogP contribution < -0.4 is 0 Å². The van der Waals surface area contributed by atoms with E-state index in [-0.39, 0.29) is 10.9 Å². The molecule has 15 heavy (non-hydrogen) atoms. The van der Waals surface area contributed by atoms with Crippen molar-refractivity contribution in [3.8, 4) is 0 Å². The summed E-state index contributed by atoms with van der Waals surface area (Å²) >= 11 is 3.46. The number of hydrogen-bond donors (Lipinski definition) is 1. The maximum Gasteiger partial charge on any atom is 0.0700 e. The zero-order chi connectivity index (χ0) is 11.1. The van der Waals surface area contributed by atoms with Gasteiger partial charge in [0.1, 0.15) is 0 Å². The monoisotopic (exact) mass is 268 g/mol. The van der Waals surface area contributed by atoms with E-state index in [1.165, 1.54) is 0 Å². The lowest BCUT2D eigenvalue weighted by molar-refractivity contribution is 0.173. The lowest BCUT2D eigenvalue weighted by atomic mass is 10.1. The van der Waals surface area contributed by atoms with E-state index in [0.29, 0.717) is 0 Å². The second-order valence-corrected chi connectivity index (χ2v) is 4.63. The fraction of sp³-hybridized carbons (Fsp3) is 0.385. The van der Waals surface area contributed by atoms with Crippen molar-refractivity contribution in [2.45, 2.75) is 30.7 Å². The Morgan fingerprint density at radius 3 is 2.60 bits per heavy atom. The molecule has 1 aromatic rings. The minimum Gasteiger partial charge on any atom is -0.392 e. The van der Waals surface area contributed by atoms with Crippen LogP contribution >= 0.6 is 15.9 Å². The molecule has 82 valence electrons. The number of rotatable bonds is 5. The van der Waals surface area contributed by atoms with E-state index in [1.807, 2.05) is 42.5 Å². The van der Waals surface area contributed by atoms with Crippen molar-refractivity contribution >= 4 is 22.0 Å². The summed E-state index contributed by atoms with van der Waals surface area (Å²) < 4.78 is 0. The highest BCUT2D eigenvalue weighted by atomic mass is 79.9. The van der Waals surface area contributed by atoms with Crippen molar-refractivity contribution in [1.29, 1.82) is 0 Å². The topological polar surface area (TPSA) is 20.2 Å². The minimum absolute atomic E-state index is 0.0395. The molecule has 0 heterocycles. The summed E-state index contributed by atoms with van der Waals surface area (Å²) in [7, 11) is 0. The molecule has 1 rings (SSSR count). The van der Waals surface area contributed by atoms with Gasteiger partial charge in [-0.05, 0) is 12.0 Å². The first-order chi connectivity index (χ1) is 7.24. The van der Waals surface area contributed by atoms with Crippen LogP contribution in [0.15, 0.2) is 36.4 Å². The highest BCUT2D eigenvalue weighted by Crippen LogP contribution is 2.14. The molecule has 0 saturated carbocycles. The second-order valence-electron chi connectivity index (χ2n) is 3.57. The maximum atomic E-state index is 9.70. The van der Waals surface area contributed by atoms with Crippen molar-refractivity contribution < 1.29 is 5.11 Å². The Kier molecular flexibility index (Phi) is 5.66. The summed E-state index contributed by atoms with van der Waals surface area (Å²) in [5, 5.41) is 9.70. The van der Waals surface area contributed by atoms with Gasteiger partial charge in [0, 0.05) is 0 Å². The molecule has 0 aliphatic heterocycles. The molecule has 0 aromatic heterocycles. The zero-order valence-electron chi connectivity index (χ0n) is 8.94. The van der Waals surface area contributed by atoms with E-state index < -0.39 is 0 Å². The van der Waals surface area contributed by atoms with Crippen LogP contribution in [0.2, 0.25) is 0 Å². The van der Waals surface area contributed by atoms with Gasteiger partial charge in [-0.2, -0.15) is 0 Å². The molecule has 0 radical (unpaired) electrons. The van der Waals surface area contributed by atoms with Gasteiger partial charge < -0.3 is 5.11 Å². The maximum absolute atomic E-state index is 9.70. The Morgan fingerprint density at radius 1 is 1.33 bits per heavy atom. The molecule has 2 heteroatoms. The van der Waals surface area contributed by atoms with Gasteiger partial charge in [-0.25, -0.2) is 0 Å². The molecule has 1 nitrogen and oxygen atoms in total. The summed E-state index contributed by atoms with van der Waals surface area (Å²) in [5.74, 6) is 0. The Morgan fingerprint density at radius 2 is 2.00 bits per heavy atom. The summed E-state index contributed by atoms with van der Waals surface area (Å²) in [6, 6.07) is 10.1. The van der Waals surface area contributed by atoms with Gasteiger partial charge in [-0.1, -0.05) is 71.8 Å². The van der Waals surface area contributed by atoms with Crippen LogP contribution in [0.4, 0.5) is 0 Å². The molecule has 0 aliphatic rings. The van der Waals surface area contributed by atoms with Crippen LogP contribution in [0.3, 0.4) is 0 Å². The molecule has 1 aromatic carbocycles. The average molecular weight is 269 g/mol. The molecule has 0 unspecified atom stereocenters. The van der Waals surface area contributed by atoms with Crippen LogP contribution in [-0.2, 0) is 0 Å². The van der Waals surface area contributed by atoms with Gasteiger partial charge in [-0.3, -0.25) is 0 Å². The molecule has 0 fully saturated rings. The Balaban J connectivity index is 2.50. The van der Waals surface area contributed by atoms with Crippen LogP contribution in [0.1, 0.15) is 25.3 Å². The number of aliphatic hydroxyl groups is 1. The van der Waals surface area contributed by atoms with E-state index >= 15 is 0 Å². The van der Waals surface area contributed by atoms with E-state index in [9.17, 15) is 5.11 Å². The van der Waals surface area contributed by atoms with Gasteiger partial charge in [0.05, 0.1) is 10.9 Å². The minimum atomic E-state index is -0.296. The third-order valence-corrected chi connectivity index (χ3v) is 3.14. The number of alkyl halides is 1. The van der Waals surface area contributed by atoms with E-state index in [2.05, 4.69) is 22.9 Å². The normalized spacial score (nSPS) is 15.4. The largest absolute Gasteiger partial charge is 0.392 e. The summed E-state index contributed by atoms with van der Waals surface area (Å²) in [4.78, 5) is 0.0395. The molecule has 2 atom stereocenters. The predicted octanol–water partition coefficient (Wildman–Crippen LogP) is 3.62. The van der Waals surface area contributed by atoms with Crippen molar-refractivity contribution in [3.63, 3.8) is 0 Å². The highest BCUT2D eigenvalue weighted by molar-refractivity contribution is 9.09. The number of aliphatic hydroxyl groups excluding tert-OH is 1. The van der Waals surface area contributed by atoms with Gasteiger partial charge in [0.25, 0.3) is 0 Å². The van der Waals surface area contributed by atoms with Gasteiger partial charge in [-0.15, -0.1) is 0 Å². The second kappa shape index (κ2) is 6.81. The van der Waals surface area contributed by atoms with E-state index in [4.69, 9.17) is 0 Å². The molecule has 0 aliphatic carbocycles. The molecule has 0 saturated heterocycles. The molecule has 0 bridgehead atoms. The molecular formula is C13H17BrO. The Hall–Kier alpha value is -0.600. The quantitative estimate of drug-likeness (QED) is 0.809.